The highest BCUT2D eigenvalue weighted by Crippen LogP contribution is 2.33. The zero-order valence-electron chi connectivity index (χ0n) is 16.9. The van der Waals surface area contributed by atoms with Gasteiger partial charge in [-0.1, -0.05) is 0 Å². The Balaban J connectivity index is 1.98. The number of hydrogen-bond acceptors (Lipinski definition) is 8. The fraction of sp³-hybridized carbons (Fsp3) is 0.400. The van der Waals surface area contributed by atoms with E-state index in [-0.39, 0.29) is 23.9 Å². The van der Waals surface area contributed by atoms with Crippen LogP contribution in [0.2, 0.25) is 0 Å². The molecule has 1 aromatic carbocycles. The van der Waals surface area contributed by atoms with Crippen molar-refractivity contribution in [2.45, 2.75) is 13.8 Å². The van der Waals surface area contributed by atoms with Crippen LogP contribution in [0.5, 0.6) is 11.5 Å². The molecule has 1 amide bonds. The molecule has 0 radical (unpaired) electrons. The third kappa shape index (κ3) is 4.95. The molecular weight excluding hydrogens is 392 g/mol. The van der Waals surface area contributed by atoms with E-state index < -0.39 is 12.1 Å². The summed E-state index contributed by atoms with van der Waals surface area (Å²) in [5.41, 5.74) is 0.379. The van der Waals surface area contributed by atoms with E-state index in [2.05, 4.69) is 15.3 Å². The monoisotopic (exact) mass is 416 g/mol. The van der Waals surface area contributed by atoms with Crippen molar-refractivity contribution in [3.05, 3.63) is 30.0 Å². The van der Waals surface area contributed by atoms with Crippen LogP contribution in [0.1, 0.15) is 24.3 Å². The van der Waals surface area contributed by atoms with Gasteiger partial charge in [0.1, 0.15) is 5.75 Å². The molecule has 0 bridgehead atoms. The molecule has 0 aliphatic carbocycles. The molecule has 0 unspecified atom stereocenters. The lowest BCUT2D eigenvalue weighted by Crippen LogP contribution is -2.37. The molecule has 30 heavy (non-hydrogen) atoms. The molecule has 0 atom stereocenters. The molecule has 2 aromatic rings. The predicted molar refractivity (Wildman–Crippen MR) is 108 cm³/mol. The van der Waals surface area contributed by atoms with Crippen LogP contribution in [0.15, 0.2) is 24.3 Å². The summed E-state index contributed by atoms with van der Waals surface area (Å²) in [4.78, 5) is 34.2. The van der Waals surface area contributed by atoms with Crippen molar-refractivity contribution in [2.24, 2.45) is 0 Å². The van der Waals surface area contributed by atoms with Gasteiger partial charge in [-0.05, 0) is 38.1 Å². The average Bonchev–Trinajstić information content (AvgIpc) is 2.75. The summed E-state index contributed by atoms with van der Waals surface area (Å²) >= 11 is 0. The van der Waals surface area contributed by atoms with Crippen LogP contribution in [-0.2, 0) is 4.74 Å². The Labute approximate surface area is 173 Å². The van der Waals surface area contributed by atoms with Crippen LogP contribution >= 0.6 is 0 Å². The van der Waals surface area contributed by atoms with Crippen molar-refractivity contribution < 1.29 is 28.9 Å². The summed E-state index contributed by atoms with van der Waals surface area (Å²) in [6.45, 7) is 6.46. The number of aromatic carboxylic acids is 1. The number of morpholine rings is 1. The van der Waals surface area contributed by atoms with Crippen molar-refractivity contribution in [1.29, 1.82) is 0 Å². The second-order valence-electron chi connectivity index (χ2n) is 6.33. The zero-order chi connectivity index (χ0) is 21.5. The van der Waals surface area contributed by atoms with Gasteiger partial charge in [0.2, 0.25) is 0 Å². The molecule has 1 saturated heterocycles. The highest BCUT2D eigenvalue weighted by atomic mass is 16.6. The van der Waals surface area contributed by atoms with Crippen LogP contribution in [0.25, 0.3) is 11.4 Å². The van der Waals surface area contributed by atoms with Gasteiger partial charge in [0.05, 0.1) is 19.8 Å². The van der Waals surface area contributed by atoms with Crippen molar-refractivity contribution in [3.8, 4) is 22.9 Å². The molecule has 10 nitrogen and oxygen atoms in total. The number of nitrogens with zero attached hydrogens (tertiary/aromatic N) is 3. The summed E-state index contributed by atoms with van der Waals surface area (Å²) in [7, 11) is 0. The maximum absolute atomic E-state index is 11.9. The first kappa shape index (κ1) is 21.3. The standard InChI is InChI=1S/C20H24N4O6/c1-3-21-20(27)30-14-7-5-13(6-8-14)17-22-15(19(25)26)16(29-4-2)18(23-17)24-9-11-28-12-10-24/h5-8H,3-4,9-12H2,1-2H3,(H,21,27)(H,25,26). The summed E-state index contributed by atoms with van der Waals surface area (Å²) in [6.07, 6.45) is -0.551. The highest BCUT2D eigenvalue weighted by Gasteiger charge is 2.26. The van der Waals surface area contributed by atoms with E-state index in [9.17, 15) is 14.7 Å². The van der Waals surface area contributed by atoms with E-state index in [0.717, 1.165) is 0 Å². The third-order valence-corrected chi connectivity index (χ3v) is 4.29. The van der Waals surface area contributed by atoms with E-state index in [1.165, 1.54) is 0 Å². The minimum absolute atomic E-state index is 0.145. The van der Waals surface area contributed by atoms with Gasteiger partial charge in [-0.15, -0.1) is 0 Å². The maximum Gasteiger partial charge on any atom is 0.412 e. The largest absolute Gasteiger partial charge is 0.488 e. The number of aromatic nitrogens is 2. The van der Waals surface area contributed by atoms with Gasteiger partial charge in [-0.2, -0.15) is 0 Å². The summed E-state index contributed by atoms with van der Waals surface area (Å²) < 4.78 is 16.1. The third-order valence-electron chi connectivity index (χ3n) is 4.29. The van der Waals surface area contributed by atoms with E-state index in [1.54, 1.807) is 38.1 Å². The lowest BCUT2D eigenvalue weighted by molar-refractivity contribution is 0.0685. The predicted octanol–water partition coefficient (Wildman–Crippen LogP) is 2.19. The number of benzene rings is 1. The highest BCUT2D eigenvalue weighted by molar-refractivity contribution is 5.91. The van der Waals surface area contributed by atoms with Crippen LogP contribution in [0.3, 0.4) is 0 Å². The molecule has 1 aromatic heterocycles. The Hall–Kier alpha value is -3.40. The first-order valence-corrected chi connectivity index (χ1v) is 9.70. The van der Waals surface area contributed by atoms with Crippen LogP contribution in [0.4, 0.5) is 10.6 Å². The molecule has 0 spiro atoms. The molecule has 1 aliphatic rings. The maximum atomic E-state index is 11.9. The molecular formula is C20H24N4O6. The Morgan fingerprint density at radius 3 is 2.47 bits per heavy atom. The number of anilines is 1. The summed E-state index contributed by atoms with van der Waals surface area (Å²) in [6, 6.07) is 6.52. The van der Waals surface area contributed by atoms with Gasteiger partial charge in [0, 0.05) is 25.2 Å². The molecule has 0 saturated carbocycles. The van der Waals surface area contributed by atoms with Crippen molar-refractivity contribution in [2.75, 3.05) is 44.4 Å². The van der Waals surface area contributed by atoms with Gasteiger partial charge < -0.3 is 29.5 Å². The van der Waals surface area contributed by atoms with Crippen LogP contribution < -0.4 is 19.7 Å². The number of nitrogens with one attached hydrogen (secondary N) is 1. The molecule has 160 valence electrons. The fourth-order valence-corrected chi connectivity index (χ4v) is 2.94. The molecule has 2 N–H and O–H groups in total. The Bertz CT molecular complexity index is 897. The Kier molecular flexibility index (Phi) is 7.02. The molecule has 10 heteroatoms. The van der Waals surface area contributed by atoms with E-state index in [4.69, 9.17) is 14.2 Å². The number of amides is 1. The van der Waals surface area contributed by atoms with Crippen molar-refractivity contribution >= 4 is 17.9 Å². The number of ether oxygens (including phenoxy) is 3. The van der Waals surface area contributed by atoms with Crippen molar-refractivity contribution in [3.63, 3.8) is 0 Å². The minimum Gasteiger partial charge on any atom is -0.488 e. The van der Waals surface area contributed by atoms with Crippen LogP contribution in [0, 0.1) is 0 Å². The number of carboxylic acids is 1. The Morgan fingerprint density at radius 2 is 1.87 bits per heavy atom. The fourth-order valence-electron chi connectivity index (χ4n) is 2.94. The lowest BCUT2D eigenvalue weighted by atomic mass is 10.2. The van der Waals surface area contributed by atoms with Crippen molar-refractivity contribution in [1.82, 2.24) is 15.3 Å². The molecule has 3 rings (SSSR count). The summed E-state index contributed by atoms with van der Waals surface area (Å²) in [5, 5.41) is 12.2. The smallest absolute Gasteiger partial charge is 0.412 e. The molecule has 2 heterocycles. The minimum atomic E-state index is -1.20. The molecule has 1 fully saturated rings. The number of hydrogen-bond donors (Lipinski definition) is 2. The lowest BCUT2D eigenvalue weighted by Gasteiger charge is -2.29. The van der Waals surface area contributed by atoms with Gasteiger partial charge in [-0.3, -0.25) is 0 Å². The van der Waals surface area contributed by atoms with Gasteiger partial charge >= 0.3 is 12.1 Å². The Morgan fingerprint density at radius 1 is 1.17 bits per heavy atom. The first-order chi connectivity index (χ1) is 14.5. The number of carboxylic acid groups (broad SMARTS) is 1. The normalized spacial score (nSPS) is 13.6. The van der Waals surface area contributed by atoms with Gasteiger partial charge in [-0.25, -0.2) is 19.6 Å². The first-order valence-electron chi connectivity index (χ1n) is 9.70. The van der Waals surface area contributed by atoms with Crippen LogP contribution in [-0.4, -0.2) is 66.6 Å². The van der Waals surface area contributed by atoms with E-state index in [1.807, 2.05) is 4.90 Å². The van der Waals surface area contributed by atoms with Gasteiger partial charge in [0.25, 0.3) is 0 Å². The SMILES string of the molecule is CCNC(=O)Oc1ccc(-c2nc(C(=O)O)c(OCC)c(N3CCOCC3)n2)cc1. The number of rotatable bonds is 7. The zero-order valence-corrected chi connectivity index (χ0v) is 16.9. The molecule has 1 aliphatic heterocycles. The number of carbonyl (C=O) groups is 2. The quantitative estimate of drug-likeness (QED) is 0.699. The number of carbonyl (C=O) groups excluding carboxylic acids is 1. The van der Waals surface area contributed by atoms with E-state index >= 15 is 0 Å². The second-order valence-corrected chi connectivity index (χ2v) is 6.33. The second kappa shape index (κ2) is 9.88. The topological polar surface area (TPSA) is 123 Å². The van der Waals surface area contributed by atoms with Gasteiger partial charge in [0.15, 0.2) is 23.1 Å². The summed E-state index contributed by atoms with van der Waals surface area (Å²) in [5.74, 6) is -0.0470. The van der Waals surface area contributed by atoms with E-state index in [0.29, 0.717) is 50.0 Å². The average molecular weight is 416 g/mol.